The van der Waals surface area contributed by atoms with Gasteiger partial charge in [0.05, 0.1) is 12.7 Å². The van der Waals surface area contributed by atoms with E-state index in [1.165, 1.54) is 7.11 Å². The first-order valence-corrected chi connectivity index (χ1v) is 7.64. The van der Waals surface area contributed by atoms with Gasteiger partial charge in [0.1, 0.15) is 5.75 Å². The van der Waals surface area contributed by atoms with Crippen molar-refractivity contribution in [1.29, 1.82) is 0 Å². The van der Waals surface area contributed by atoms with Crippen LogP contribution in [-0.2, 0) is 9.53 Å². The predicted molar refractivity (Wildman–Crippen MR) is 92.6 cm³/mol. The zero-order valence-electron chi connectivity index (χ0n) is 13.6. The van der Waals surface area contributed by atoms with Gasteiger partial charge in [0.2, 0.25) is 0 Å². The summed E-state index contributed by atoms with van der Waals surface area (Å²) in [6, 6.07) is 13.2. The number of hydrogen-bond acceptors (Lipinski definition) is 4. The Bertz CT molecular complexity index is 741. The lowest BCUT2D eigenvalue weighted by Gasteiger charge is -2.25. The van der Waals surface area contributed by atoms with E-state index in [2.05, 4.69) is 10.1 Å². The summed E-state index contributed by atoms with van der Waals surface area (Å²) < 4.78 is 10.4. The number of rotatable bonds is 5. The van der Waals surface area contributed by atoms with Crippen LogP contribution in [0.2, 0.25) is 5.02 Å². The maximum Gasteiger partial charge on any atom is 0.337 e. The summed E-state index contributed by atoms with van der Waals surface area (Å²) in [4.78, 5) is 24.0. The largest absolute Gasteiger partial charge is 0.478 e. The highest BCUT2D eigenvalue weighted by Crippen LogP contribution is 2.22. The summed E-state index contributed by atoms with van der Waals surface area (Å²) >= 11 is 5.83. The summed E-state index contributed by atoms with van der Waals surface area (Å²) in [6.45, 7) is 3.31. The first-order chi connectivity index (χ1) is 11.3. The molecule has 5 nitrogen and oxygen atoms in total. The zero-order valence-corrected chi connectivity index (χ0v) is 14.4. The van der Waals surface area contributed by atoms with Gasteiger partial charge in [-0.1, -0.05) is 17.7 Å². The number of carbonyl (C=O) groups excluding carboxylic acids is 2. The highest BCUT2D eigenvalue weighted by Gasteiger charge is 2.30. The number of esters is 1. The van der Waals surface area contributed by atoms with Crippen LogP contribution < -0.4 is 10.1 Å². The number of amides is 1. The monoisotopic (exact) mass is 347 g/mol. The van der Waals surface area contributed by atoms with Gasteiger partial charge in [0.25, 0.3) is 5.91 Å². The van der Waals surface area contributed by atoms with Crippen molar-refractivity contribution < 1.29 is 19.1 Å². The summed E-state index contributed by atoms with van der Waals surface area (Å²) in [7, 11) is 1.30. The average molecular weight is 348 g/mol. The van der Waals surface area contributed by atoms with E-state index in [4.69, 9.17) is 16.3 Å². The number of benzene rings is 2. The fraction of sp³-hybridized carbons (Fsp3) is 0.222. The number of ether oxygens (including phenoxy) is 2. The van der Waals surface area contributed by atoms with Crippen molar-refractivity contribution >= 4 is 29.2 Å². The molecule has 2 aromatic rings. The van der Waals surface area contributed by atoms with E-state index < -0.39 is 11.6 Å². The minimum absolute atomic E-state index is 0.348. The van der Waals surface area contributed by atoms with Gasteiger partial charge in [-0.05, 0) is 56.3 Å². The molecule has 0 saturated carbocycles. The van der Waals surface area contributed by atoms with Gasteiger partial charge >= 0.3 is 5.97 Å². The fourth-order valence-electron chi connectivity index (χ4n) is 1.97. The lowest BCUT2D eigenvalue weighted by molar-refractivity contribution is -0.128. The molecular weight excluding hydrogens is 330 g/mol. The highest BCUT2D eigenvalue weighted by molar-refractivity contribution is 6.30. The van der Waals surface area contributed by atoms with Crippen molar-refractivity contribution in [3.63, 3.8) is 0 Å². The second kappa shape index (κ2) is 7.36. The molecule has 0 spiro atoms. The molecule has 0 aliphatic rings. The van der Waals surface area contributed by atoms with E-state index >= 15 is 0 Å². The van der Waals surface area contributed by atoms with Gasteiger partial charge < -0.3 is 14.8 Å². The number of methoxy groups -OCH3 is 1. The van der Waals surface area contributed by atoms with E-state index in [9.17, 15) is 9.59 Å². The Balaban J connectivity index is 2.10. The Morgan fingerprint density at radius 2 is 1.75 bits per heavy atom. The fourth-order valence-corrected chi connectivity index (χ4v) is 2.09. The maximum absolute atomic E-state index is 12.5. The van der Waals surface area contributed by atoms with Crippen molar-refractivity contribution in [2.45, 2.75) is 19.4 Å². The standard InChI is InChI=1S/C18H18ClNO4/c1-18(2,24-15-9-7-13(19)8-10-15)17(22)20-14-6-4-5-12(11-14)16(21)23-3/h4-11H,1-3H3,(H,20,22). The van der Waals surface area contributed by atoms with Crippen LogP contribution in [0.5, 0.6) is 5.75 Å². The van der Waals surface area contributed by atoms with Crippen LogP contribution in [0.1, 0.15) is 24.2 Å². The van der Waals surface area contributed by atoms with Gasteiger partial charge in [0, 0.05) is 10.7 Å². The summed E-state index contributed by atoms with van der Waals surface area (Å²) in [6.07, 6.45) is 0. The van der Waals surface area contributed by atoms with Gasteiger partial charge in [-0.3, -0.25) is 4.79 Å². The first-order valence-electron chi connectivity index (χ1n) is 7.26. The van der Waals surface area contributed by atoms with Crippen molar-refractivity contribution in [3.8, 4) is 5.75 Å². The molecule has 1 N–H and O–H groups in total. The van der Waals surface area contributed by atoms with Crippen LogP contribution in [0.4, 0.5) is 5.69 Å². The highest BCUT2D eigenvalue weighted by atomic mass is 35.5. The maximum atomic E-state index is 12.5. The van der Waals surface area contributed by atoms with Crippen LogP contribution in [0.25, 0.3) is 0 Å². The number of halogens is 1. The molecular formula is C18H18ClNO4. The van der Waals surface area contributed by atoms with Crippen molar-refractivity contribution in [2.75, 3.05) is 12.4 Å². The Kier molecular flexibility index (Phi) is 5.46. The molecule has 126 valence electrons. The molecule has 0 radical (unpaired) electrons. The van der Waals surface area contributed by atoms with E-state index in [0.29, 0.717) is 22.0 Å². The Morgan fingerprint density at radius 1 is 1.08 bits per heavy atom. The van der Waals surface area contributed by atoms with Crippen LogP contribution in [0, 0.1) is 0 Å². The second-order valence-electron chi connectivity index (χ2n) is 5.59. The van der Waals surface area contributed by atoms with E-state index in [1.807, 2.05) is 0 Å². The molecule has 1 amide bonds. The molecule has 0 atom stereocenters. The Hall–Kier alpha value is -2.53. The van der Waals surface area contributed by atoms with Crippen LogP contribution in [0.3, 0.4) is 0 Å². The van der Waals surface area contributed by atoms with Gasteiger partial charge in [0.15, 0.2) is 5.60 Å². The molecule has 24 heavy (non-hydrogen) atoms. The molecule has 2 aromatic carbocycles. The third-order valence-corrected chi connectivity index (χ3v) is 3.53. The molecule has 6 heteroatoms. The smallest absolute Gasteiger partial charge is 0.337 e. The van der Waals surface area contributed by atoms with Crippen molar-refractivity contribution in [3.05, 3.63) is 59.1 Å². The molecule has 0 saturated heterocycles. The van der Waals surface area contributed by atoms with E-state index in [1.54, 1.807) is 62.4 Å². The van der Waals surface area contributed by atoms with Crippen molar-refractivity contribution in [2.24, 2.45) is 0 Å². The summed E-state index contributed by atoms with van der Waals surface area (Å²) in [5.41, 5.74) is -0.280. The third kappa shape index (κ3) is 4.49. The Labute approximate surface area is 145 Å². The molecule has 0 aliphatic carbocycles. The van der Waals surface area contributed by atoms with Gasteiger partial charge in [-0.15, -0.1) is 0 Å². The number of carbonyl (C=O) groups is 2. The molecule has 0 aromatic heterocycles. The number of hydrogen-bond donors (Lipinski definition) is 1. The molecule has 2 rings (SSSR count). The van der Waals surface area contributed by atoms with Crippen LogP contribution >= 0.6 is 11.6 Å². The third-order valence-electron chi connectivity index (χ3n) is 3.28. The van der Waals surface area contributed by atoms with Gasteiger partial charge in [-0.2, -0.15) is 0 Å². The molecule has 0 bridgehead atoms. The van der Waals surface area contributed by atoms with Gasteiger partial charge in [-0.25, -0.2) is 4.79 Å². The SMILES string of the molecule is COC(=O)c1cccc(NC(=O)C(C)(C)Oc2ccc(Cl)cc2)c1. The molecule has 0 fully saturated rings. The molecule has 0 unspecified atom stereocenters. The summed E-state index contributed by atoms with van der Waals surface area (Å²) in [5, 5.41) is 3.32. The predicted octanol–water partition coefficient (Wildman–Crippen LogP) is 3.92. The average Bonchev–Trinajstić information content (AvgIpc) is 2.56. The zero-order chi connectivity index (χ0) is 17.7. The number of anilines is 1. The second-order valence-corrected chi connectivity index (χ2v) is 6.03. The van der Waals surface area contributed by atoms with Crippen molar-refractivity contribution in [1.82, 2.24) is 0 Å². The normalized spacial score (nSPS) is 10.8. The van der Waals surface area contributed by atoms with Crippen LogP contribution in [0.15, 0.2) is 48.5 Å². The topological polar surface area (TPSA) is 64.6 Å². The Morgan fingerprint density at radius 3 is 2.38 bits per heavy atom. The van der Waals surface area contributed by atoms with E-state index in [0.717, 1.165) is 0 Å². The minimum Gasteiger partial charge on any atom is -0.478 e. The quantitative estimate of drug-likeness (QED) is 0.832. The van der Waals surface area contributed by atoms with E-state index in [-0.39, 0.29) is 5.91 Å². The molecule has 0 heterocycles. The first kappa shape index (κ1) is 17.8. The molecule has 0 aliphatic heterocycles. The summed E-state index contributed by atoms with van der Waals surface area (Å²) in [5.74, 6) is -0.287. The lowest BCUT2D eigenvalue weighted by Crippen LogP contribution is -2.42. The van der Waals surface area contributed by atoms with Crippen LogP contribution in [-0.4, -0.2) is 24.6 Å². The lowest BCUT2D eigenvalue weighted by atomic mass is 10.1. The minimum atomic E-state index is -1.12. The number of nitrogens with one attached hydrogen (secondary N) is 1.